The molecule has 0 aliphatic rings. The van der Waals surface area contributed by atoms with Crippen LogP contribution in [0.1, 0.15) is 21.5 Å². The summed E-state index contributed by atoms with van der Waals surface area (Å²) < 4.78 is 67.3. The van der Waals surface area contributed by atoms with E-state index in [0.717, 1.165) is 0 Å². The zero-order valence-corrected chi connectivity index (χ0v) is 13.8. The van der Waals surface area contributed by atoms with Gasteiger partial charge in [-0.3, -0.25) is 4.79 Å². The van der Waals surface area contributed by atoms with Crippen molar-refractivity contribution in [3.63, 3.8) is 0 Å². The predicted molar refractivity (Wildman–Crippen MR) is 87.6 cm³/mol. The Kier molecular flexibility index (Phi) is 4.69. The summed E-state index contributed by atoms with van der Waals surface area (Å²) in [4.78, 5) is 12.3. The molecule has 0 spiro atoms. The summed E-state index contributed by atoms with van der Waals surface area (Å²) >= 11 is 0. The van der Waals surface area contributed by atoms with Gasteiger partial charge in [-0.2, -0.15) is 18.3 Å². The number of carbonyl (C=O) groups excluding carboxylic acids is 1. The molecule has 0 atom stereocenters. The molecule has 3 rings (SSSR count). The van der Waals surface area contributed by atoms with Gasteiger partial charge in [0.05, 0.1) is 17.4 Å². The minimum Gasteiger partial charge on any atom is -0.306 e. The highest BCUT2D eigenvalue weighted by Gasteiger charge is 2.33. The van der Waals surface area contributed by atoms with E-state index in [2.05, 4.69) is 10.4 Å². The van der Waals surface area contributed by atoms with Gasteiger partial charge in [-0.15, -0.1) is 0 Å². The van der Waals surface area contributed by atoms with Crippen molar-refractivity contribution in [2.75, 3.05) is 5.32 Å². The Morgan fingerprint density at radius 1 is 1.07 bits per heavy atom. The van der Waals surface area contributed by atoms with Crippen LogP contribution in [0.15, 0.2) is 48.7 Å². The molecule has 27 heavy (non-hydrogen) atoms. The fourth-order valence-corrected chi connectivity index (χ4v) is 2.47. The second-order valence-corrected chi connectivity index (χ2v) is 5.69. The van der Waals surface area contributed by atoms with E-state index in [4.69, 9.17) is 0 Å². The average molecular weight is 381 g/mol. The van der Waals surface area contributed by atoms with Crippen LogP contribution >= 0.6 is 0 Å². The van der Waals surface area contributed by atoms with Crippen LogP contribution in [0, 0.1) is 18.6 Å². The third kappa shape index (κ3) is 3.67. The molecule has 3 aromatic rings. The van der Waals surface area contributed by atoms with Gasteiger partial charge in [0.15, 0.2) is 0 Å². The average Bonchev–Trinajstić information content (AvgIpc) is 2.95. The maximum absolute atomic E-state index is 14.0. The minimum absolute atomic E-state index is 0.0827. The molecule has 0 aliphatic heterocycles. The third-order valence-electron chi connectivity index (χ3n) is 3.78. The number of aryl methyl sites for hydroxylation is 1. The zero-order chi connectivity index (χ0) is 19.8. The lowest BCUT2D eigenvalue weighted by Crippen LogP contribution is -2.20. The number of rotatable bonds is 3. The Labute approximate surface area is 150 Å². The molecular formula is C18H12F5N3O. The first-order valence-corrected chi connectivity index (χ1v) is 7.66. The highest BCUT2D eigenvalue weighted by Crippen LogP contribution is 2.32. The number of amides is 1. The number of nitrogens with zero attached hydrogens (tertiary/aromatic N) is 2. The molecule has 1 amide bonds. The SMILES string of the molecule is Cc1cnn(-c2ccccc2)c1NC(=O)c1c(F)cc(C(F)(F)F)cc1F. The summed E-state index contributed by atoms with van der Waals surface area (Å²) in [6.45, 7) is 1.61. The highest BCUT2D eigenvalue weighted by atomic mass is 19.4. The van der Waals surface area contributed by atoms with Crippen LogP contribution in [0.3, 0.4) is 0 Å². The summed E-state index contributed by atoms with van der Waals surface area (Å²) in [6.07, 6.45) is -3.50. The van der Waals surface area contributed by atoms with E-state index in [1.165, 1.54) is 10.9 Å². The van der Waals surface area contributed by atoms with Crippen molar-refractivity contribution in [3.8, 4) is 5.69 Å². The number of anilines is 1. The lowest BCUT2D eigenvalue weighted by Gasteiger charge is -2.13. The number of nitrogens with one attached hydrogen (secondary N) is 1. The van der Waals surface area contributed by atoms with E-state index in [1.54, 1.807) is 37.3 Å². The first kappa shape index (κ1) is 18.6. The number of carbonyl (C=O) groups is 1. The normalized spacial score (nSPS) is 11.5. The molecule has 0 unspecified atom stereocenters. The Balaban J connectivity index is 1.97. The molecule has 1 heterocycles. The van der Waals surface area contributed by atoms with E-state index >= 15 is 0 Å². The van der Waals surface area contributed by atoms with Gasteiger partial charge in [-0.05, 0) is 31.2 Å². The van der Waals surface area contributed by atoms with Crippen LogP contribution in [0.2, 0.25) is 0 Å². The van der Waals surface area contributed by atoms with Crippen LogP contribution < -0.4 is 5.32 Å². The van der Waals surface area contributed by atoms with Gasteiger partial charge >= 0.3 is 6.18 Å². The molecule has 140 valence electrons. The van der Waals surface area contributed by atoms with Crippen molar-refractivity contribution in [2.45, 2.75) is 13.1 Å². The lowest BCUT2D eigenvalue weighted by molar-refractivity contribution is -0.138. The third-order valence-corrected chi connectivity index (χ3v) is 3.78. The zero-order valence-electron chi connectivity index (χ0n) is 13.8. The van der Waals surface area contributed by atoms with Crippen LogP contribution in [0.5, 0.6) is 0 Å². The number of hydrogen-bond donors (Lipinski definition) is 1. The van der Waals surface area contributed by atoms with E-state index in [-0.39, 0.29) is 18.0 Å². The Morgan fingerprint density at radius 3 is 2.22 bits per heavy atom. The van der Waals surface area contributed by atoms with Crippen LogP contribution in [-0.4, -0.2) is 15.7 Å². The molecule has 1 aromatic heterocycles. The number of aromatic nitrogens is 2. The lowest BCUT2D eigenvalue weighted by atomic mass is 10.1. The molecule has 9 heteroatoms. The van der Waals surface area contributed by atoms with Crippen molar-refractivity contribution >= 4 is 11.7 Å². The van der Waals surface area contributed by atoms with Gasteiger partial charge in [-0.25, -0.2) is 13.5 Å². The summed E-state index contributed by atoms with van der Waals surface area (Å²) in [6, 6.07) is 8.78. The Morgan fingerprint density at radius 2 is 1.67 bits per heavy atom. The maximum Gasteiger partial charge on any atom is 0.416 e. The van der Waals surface area contributed by atoms with Crippen LogP contribution in [-0.2, 0) is 6.18 Å². The van der Waals surface area contributed by atoms with Gasteiger partial charge in [-0.1, -0.05) is 18.2 Å². The molecule has 0 saturated heterocycles. The maximum atomic E-state index is 14.0. The van der Waals surface area contributed by atoms with Crippen LogP contribution in [0.4, 0.5) is 27.8 Å². The van der Waals surface area contributed by atoms with E-state index in [9.17, 15) is 26.7 Å². The summed E-state index contributed by atoms with van der Waals surface area (Å²) in [5, 5.41) is 6.40. The summed E-state index contributed by atoms with van der Waals surface area (Å²) in [5.41, 5.74) is -1.54. The predicted octanol–water partition coefficient (Wildman–Crippen LogP) is 4.73. The van der Waals surface area contributed by atoms with E-state index in [0.29, 0.717) is 11.3 Å². The fraction of sp³-hybridized carbons (Fsp3) is 0.111. The second kappa shape index (κ2) is 6.82. The van der Waals surface area contributed by atoms with Gasteiger partial charge in [0.1, 0.15) is 23.0 Å². The van der Waals surface area contributed by atoms with Crippen molar-refractivity contribution in [2.24, 2.45) is 0 Å². The number of alkyl halides is 3. The van der Waals surface area contributed by atoms with Crippen molar-refractivity contribution in [1.29, 1.82) is 0 Å². The van der Waals surface area contributed by atoms with E-state index < -0.39 is 34.8 Å². The van der Waals surface area contributed by atoms with Crippen molar-refractivity contribution < 1.29 is 26.7 Å². The molecule has 0 saturated carbocycles. The molecule has 4 nitrogen and oxygen atoms in total. The standard InChI is InChI=1S/C18H12F5N3O/c1-10-9-24-26(12-5-3-2-4-6-12)16(10)25-17(27)15-13(19)7-11(8-14(15)20)18(21,22)23/h2-9H,1H3,(H,25,27). The smallest absolute Gasteiger partial charge is 0.306 e. The number of benzene rings is 2. The molecule has 1 N–H and O–H groups in total. The summed E-state index contributed by atoms with van der Waals surface area (Å²) in [7, 11) is 0. The Bertz CT molecular complexity index is 973. The van der Waals surface area contributed by atoms with Gasteiger partial charge < -0.3 is 5.32 Å². The van der Waals surface area contributed by atoms with Gasteiger partial charge in [0.2, 0.25) is 0 Å². The molecule has 0 fully saturated rings. The van der Waals surface area contributed by atoms with Crippen molar-refractivity contribution in [3.05, 3.63) is 77.0 Å². The molecule has 0 radical (unpaired) electrons. The van der Waals surface area contributed by atoms with E-state index in [1.807, 2.05) is 0 Å². The quantitative estimate of drug-likeness (QED) is 0.667. The monoisotopic (exact) mass is 381 g/mol. The number of para-hydroxylation sites is 1. The first-order chi connectivity index (χ1) is 12.7. The molecule has 0 bridgehead atoms. The first-order valence-electron chi connectivity index (χ1n) is 7.66. The second-order valence-electron chi connectivity index (χ2n) is 5.69. The van der Waals surface area contributed by atoms with Crippen molar-refractivity contribution in [1.82, 2.24) is 9.78 Å². The van der Waals surface area contributed by atoms with Gasteiger partial charge in [0, 0.05) is 5.56 Å². The Hall–Kier alpha value is -3.23. The molecule has 0 aliphatic carbocycles. The molecule has 2 aromatic carbocycles. The largest absolute Gasteiger partial charge is 0.416 e. The number of halogens is 5. The van der Waals surface area contributed by atoms with Crippen LogP contribution in [0.25, 0.3) is 5.69 Å². The number of hydrogen-bond acceptors (Lipinski definition) is 2. The minimum atomic E-state index is -4.93. The topological polar surface area (TPSA) is 46.9 Å². The summed E-state index contributed by atoms with van der Waals surface area (Å²) in [5.74, 6) is -4.30. The highest BCUT2D eigenvalue weighted by molar-refractivity contribution is 6.04. The fourth-order valence-electron chi connectivity index (χ4n) is 2.47. The molecular weight excluding hydrogens is 369 g/mol. The van der Waals surface area contributed by atoms with Gasteiger partial charge in [0.25, 0.3) is 5.91 Å².